The van der Waals surface area contributed by atoms with Crippen LogP contribution < -0.4 is 0 Å². The Morgan fingerprint density at radius 2 is 1.82 bits per heavy atom. The average Bonchev–Trinajstić information content (AvgIpc) is 2.03. The Labute approximate surface area is 82.4 Å². The van der Waals surface area contributed by atoms with E-state index in [1.165, 1.54) is 5.56 Å². The van der Waals surface area contributed by atoms with Gasteiger partial charge in [-0.05, 0) is 0 Å². The predicted octanol–water partition coefficient (Wildman–Crippen LogP) is 2.73. The molecule has 0 aliphatic heterocycles. The van der Waals surface area contributed by atoms with Crippen LogP contribution in [-0.4, -0.2) is 6.16 Å². The van der Waals surface area contributed by atoms with Crippen LogP contribution in [0, 0.1) is 0 Å². The number of hydrogen-bond donors (Lipinski definition) is 0. The van der Waals surface area contributed by atoms with Gasteiger partial charge in [-0.2, -0.15) is 0 Å². The first-order valence-electron chi connectivity index (χ1n) is 3.25. The molecule has 0 aliphatic carbocycles. The molecule has 1 aromatic carbocycles. The summed E-state index contributed by atoms with van der Waals surface area (Å²) in [5, 5.41) is 0. The van der Waals surface area contributed by atoms with Crippen LogP contribution in [0.5, 0.6) is 0 Å². The SMILES string of the molecule is [Cl][Zr]([Cl])=[Si]Cc1ccccc1. The van der Waals surface area contributed by atoms with Crippen molar-refractivity contribution in [3.05, 3.63) is 35.9 Å². The summed E-state index contributed by atoms with van der Waals surface area (Å²) in [5.74, 6) is 0. The fraction of sp³-hybridized carbons (Fsp3) is 0.143. The molecule has 0 aliphatic rings. The van der Waals surface area contributed by atoms with E-state index in [1.807, 2.05) is 18.2 Å². The maximum atomic E-state index is 5.80. The summed E-state index contributed by atoms with van der Waals surface area (Å²) in [6.45, 7) is 0. The second-order valence-corrected chi connectivity index (χ2v) is 19.0. The van der Waals surface area contributed by atoms with Gasteiger partial charge in [0.1, 0.15) is 0 Å². The van der Waals surface area contributed by atoms with Crippen molar-refractivity contribution in [1.29, 1.82) is 0 Å². The first kappa shape index (κ1) is 9.98. The van der Waals surface area contributed by atoms with Gasteiger partial charge in [0, 0.05) is 0 Å². The van der Waals surface area contributed by atoms with Crippen LogP contribution in [0.2, 0.25) is 0 Å². The molecule has 57 valence electrons. The molecule has 0 saturated heterocycles. The van der Waals surface area contributed by atoms with E-state index in [0.29, 0.717) is 0 Å². The Balaban J connectivity index is 2.59. The van der Waals surface area contributed by atoms with E-state index in [2.05, 4.69) is 12.1 Å². The van der Waals surface area contributed by atoms with E-state index in [1.54, 1.807) is 0 Å². The van der Waals surface area contributed by atoms with Crippen molar-refractivity contribution in [2.75, 3.05) is 0 Å². The number of halogens is 2. The summed E-state index contributed by atoms with van der Waals surface area (Å²) in [6.07, 6.45) is 0.794. The van der Waals surface area contributed by atoms with Crippen molar-refractivity contribution in [3.63, 3.8) is 0 Å². The zero-order valence-corrected chi connectivity index (χ0v) is 10.8. The number of rotatable bonds is 2. The summed E-state index contributed by atoms with van der Waals surface area (Å²) in [6, 6.07) is 11.4. The molecule has 1 aromatic rings. The molecule has 0 saturated carbocycles. The summed E-state index contributed by atoms with van der Waals surface area (Å²) in [5.41, 5.74) is 1.35. The summed E-state index contributed by atoms with van der Waals surface area (Å²) >= 11 is -1.85. The number of benzene rings is 1. The normalized spacial score (nSPS) is 9.27. The van der Waals surface area contributed by atoms with E-state index in [4.69, 9.17) is 17.0 Å². The van der Waals surface area contributed by atoms with Crippen molar-refractivity contribution in [2.24, 2.45) is 0 Å². The number of hydrogen-bond acceptors (Lipinski definition) is 0. The molecule has 0 fully saturated rings. The van der Waals surface area contributed by atoms with Gasteiger partial charge in [-0.3, -0.25) is 0 Å². The summed E-state index contributed by atoms with van der Waals surface area (Å²) < 4.78 is 0. The minimum absolute atomic E-state index is 0.794. The molecular weight excluding hydrogens is 274 g/mol. The van der Waals surface area contributed by atoms with E-state index < -0.39 is 18.0 Å². The Kier molecular flexibility index (Phi) is 5.02. The Morgan fingerprint density at radius 1 is 1.18 bits per heavy atom. The molecule has 0 nitrogen and oxygen atoms in total. The van der Waals surface area contributed by atoms with Gasteiger partial charge >= 0.3 is 83.1 Å². The van der Waals surface area contributed by atoms with Gasteiger partial charge in [0.25, 0.3) is 0 Å². The van der Waals surface area contributed by atoms with Gasteiger partial charge in [-0.1, -0.05) is 0 Å². The van der Waals surface area contributed by atoms with E-state index in [9.17, 15) is 0 Å². The average molecular weight is 281 g/mol. The van der Waals surface area contributed by atoms with Crippen molar-refractivity contribution in [1.82, 2.24) is 0 Å². The van der Waals surface area contributed by atoms with Crippen LogP contribution in [0.1, 0.15) is 5.56 Å². The van der Waals surface area contributed by atoms with Crippen LogP contribution in [0.25, 0.3) is 0 Å². The predicted molar refractivity (Wildman–Crippen MR) is 47.6 cm³/mol. The fourth-order valence-corrected chi connectivity index (χ4v) is 6.20. The minimum atomic E-state index is -1.85. The van der Waals surface area contributed by atoms with Crippen molar-refractivity contribution in [2.45, 2.75) is 6.04 Å². The molecule has 0 amide bonds. The quantitative estimate of drug-likeness (QED) is 0.731. The first-order valence-corrected chi connectivity index (χ1v) is 14.5. The topological polar surface area (TPSA) is 0 Å². The zero-order chi connectivity index (χ0) is 8.10. The third-order valence-electron chi connectivity index (χ3n) is 1.27. The second-order valence-electron chi connectivity index (χ2n) is 2.10. The molecule has 0 bridgehead atoms. The van der Waals surface area contributed by atoms with E-state index in [-0.39, 0.29) is 0 Å². The van der Waals surface area contributed by atoms with Gasteiger partial charge in [-0.15, -0.1) is 0 Å². The monoisotopic (exact) mass is 279 g/mol. The Bertz CT molecular complexity index is 244. The molecule has 11 heavy (non-hydrogen) atoms. The molecule has 0 atom stereocenters. The molecule has 4 heteroatoms. The second kappa shape index (κ2) is 5.53. The van der Waals surface area contributed by atoms with Gasteiger partial charge < -0.3 is 0 Å². The van der Waals surface area contributed by atoms with Gasteiger partial charge in [0.15, 0.2) is 0 Å². The van der Waals surface area contributed by atoms with Crippen molar-refractivity contribution >= 4 is 23.2 Å². The standard InChI is InChI=1S/C7H7Si.2ClH.Zr/c8-6-7-4-2-1-3-5-7;;;/h1-5H,6H2;2*1H;/q;;;+2/p-2. The van der Waals surface area contributed by atoms with Crippen LogP contribution in [0.3, 0.4) is 0 Å². The molecule has 0 unspecified atom stereocenters. The van der Waals surface area contributed by atoms with Crippen LogP contribution >= 0.6 is 17.0 Å². The zero-order valence-electron chi connectivity index (χ0n) is 5.85. The molecule has 0 N–H and O–H groups in total. The van der Waals surface area contributed by atoms with Gasteiger partial charge in [0.2, 0.25) is 0 Å². The molecule has 0 aromatic heterocycles. The summed E-state index contributed by atoms with van der Waals surface area (Å²) in [7, 11) is 11.6. The van der Waals surface area contributed by atoms with Crippen LogP contribution in [-0.2, 0) is 24.0 Å². The van der Waals surface area contributed by atoms with Crippen molar-refractivity contribution < 1.29 is 18.0 Å². The Hall–Kier alpha value is 0.900. The first-order chi connectivity index (χ1) is 5.29. The third-order valence-corrected chi connectivity index (χ3v) is 10.1. The maximum absolute atomic E-state index is 5.80. The molecule has 1 rings (SSSR count). The molecule has 0 spiro atoms. The van der Waals surface area contributed by atoms with Crippen LogP contribution in [0.15, 0.2) is 30.3 Å². The van der Waals surface area contributed by atoms with Gasteiger partial charge in [-0.25, -0.2) is 0 Å². The Morgan fingerprint density at radius 3 is 2.36 bits per heavy atom. The van der Waals surface area contributed by atoms with Gasteiger partial charge in [0.05, 0.1) is 0 Å². The fourth-order valence-electron chi connectivity index (χ4n) is 0.765. The van der Waals surface area contributed by atoms with E-state index in [0.717, 1.165) is 12.2 Å². The summed E-state index contributed by atoms with van der Waals surface area (Å²) in [4.78, 5) is 0. The third kappa shape index (κ3) is 4.47. The van der Waals surface area contributed by atoms with E-state index >= 15 is 0 Å². The molecular formula is C7H7Cl2SiZr. The molecule has 1 radical (unpaired) electrons. The molecule has 0 heterocycles. The van der Waals surface area contributed by atoms with Crippen LogP contribution in [0.4, 0.5) is 0 Å². The van der Waals surface area contributed by atoms with Crippen molar-refractivity contribution in [3.8, 4) is 0 Å².